The number of hydrogen-bond acceptors (Lipinski definition) is 7. The molecule has 0 atom stereocenters. The van der Waals surface area contributed by atoms with Crippen molar-refractivity contribution < 1.29 is 0 Å². The van der Waals surface area contributed by atoms with Crippen molar-refractivity contribution in [3.63, 3.8) is 0 Å². The molecular weight excluding hydrogens is 248 g/mol. The lowest BCUT2D eigenvalue weighted by atomic mass is 10.6. The largest absolute Gasteiger partial charge is 0.300 e. The molecule has 4 nitrogen and oxygen atoms in total. The zero-order chi connectivity index (χ0) is 10.7. The van der Waals surface area contributed by atoms with E-state index >= 15 is 0 Å². The second kappa shape index (κ2) is 4.93. The standard InChI is InChI=1S/C8H10N4S3/c1-5-3-13-8(11-5)14-4-6-2-10-7(12-9)15-6/h2-3H,4,9H2,1H3,(H,10,12). The molecule has 0 fully saturated rings. The summed E-state index contributed by atoms with van der Waals surface area (Å²) in [6.45, 7) is 2.00. The van der Waals surface area contributed by atoms with Crippen molar-refractivity contribution in [2.45, 2.75) is 17.0 Å². The smallest absolute Gasteiger partial charge is 0.197 e. The molecule has 2 aromatic rings. The first-order valence-corrected chi connectivity index (χ1v) is 6.92. The van der Waals surface area contributed by atoms with E-state index in [2.05, 4.69) is 20.8 Å². The van der Waals surface area contributed by atoms with Crippen LogP contribution in [0, 0.1) is 6.92 Å². The van der Waals surface area contributed by atoms with Gasteiger partial charge in [-0.2, -0.15) is 0 Å². The minimum absolute atomic E-state index is 0.751. The third-order valence-corrected chi connectivity index (χ3v) is 4.91. The van der Waals surface area contributed by atoms with E-state index in [0.29, 0.717) is 0 Å². The number of nitrogens with one attached hydrogen (secondary N) is 1. The average molecular weight is 258 g/mol. The Morgan fingerprint density at radius 1 is 1.60 bits per heavy atom. The summed E-state index contributed by atoms with van der Waals surface area (Å²) in [6, 6.07) is 0. The van der Waals surface area contributed by atoms with Gasteiger partial charge in [0.25, 0.3) is 0 Å². The third-order valence-electron chi connectivity index (χ3n) is 1.61. The lowest BCUT2D eigenvalue weighted by Gasteiger charge is -1.92. The van der Waals surface area contributed by atoms with Crippen molar-refractivity contribution in [1.82, 2.24) is 9.97 Å². The van der Waals surface area contributed by atoms with Crippen molar-refractivity contribution in [1.29, 1.82) is 0 Å². The van der Waals surface area contributed by atoms with Gasteiger partial charge >= 0.3 is 0 Å². The molecule has 2 aromatic heterocycles. The van der Waals surface area contributed by atoms with Gasteiger partial charge in [-0.25, -0.2) is 15.8 Å². The van der Waals surface area contributed by atoms with Crippen LogP contribution < -0.4 is 11.3 Å². The molecule has 0 aliphatic carbocycles. The van der Waals surface area contributed by atoms with Crippen LogP contribution in [0.5, 0.6) is 0 Å². The minimum Gasteiger partial charge on any atom is -0.300 e. The molecule has 0 aromatic carbocycles. The number of nitrogen functional groups attached to an aromatic ring is 1. The van der Waals surface area contributed by atoms with Gasteiger partial charge in [0.05, 0.1) is 0 Å². The van der Waals surface area contributed by atoms with E-state index in [-0.39, 0.29) is 0 Å². The van der Waals surface area contributed by atoms with Crippen molar-refractivity contribution in [2.24, 2.45) is 5.84 Å². The van der Waals surface area contributed by atoms with Crippen LogP contribution in [-0.4, -0.2) is 9.97 Å². The molecule has 0 aliphatic heterocycles. The molecule has 0 saturated heterocycles. The maximum absolute atomic E-state index is 5.25. The first kappa shape index (κ1) is 10.9. The van der Waals surface area contributed by atoms with E-state index in [1.807, 2.05) is 13.1 Å². The van der Waals surface area contributed by atoms with Gasteiger partial charge in [0.2, 0.25) is 0 Å². The van der Waals surface area contributed by atoms with E-state index in [9.17, 15) is 0 Å². The van der Waals surface area contributed by atoms with Gasteiger partial charge in [-0.1, -0.05) is 11.8 Å². The van der Waals surface area contributed by atoms with Crippen LogP contribution in [0.2, 0.25) is 0 Å². The first-order chi connectivity index (χ1) is 7.28. The molecule has 0 spiro atoms. The van der Waals surface area contributed by atoms with Gasteiger partial charge < -0.3 is 0 Å². The molecular formula is C8H10N4S3. The molecule has 0 unspecified atom stereocenters. The summed E-state index contributed by atoms with van der Waals surface area (Å²) in [4.78, 5) is 9.68. The predicted octanol–water partition coefficient (Wildman–Crippen LogP) is 2.49. The molecule has 15 heavy (non-hydrogen) atoms. The average Bonchev–Trinajstić information content (AvgIpc) is 2.83. The second-order valence-electron chi connectivity index (χ2n) is 2.82. The summed E-state index contributed by atoms with van der Waals surface area (Å²) >= 11 is 4.97. The highest BCUT2D eigenvalue weighted by Gasteiger charge is 2.03. The van der Waals surface area contributed by atoms with Gasteiger partial charge in [-0.3, -0.25) is 5.43 Å². The number of nitrogens with zero attached hydrogens (tertiary/aromatic N) is 2. The zero-order valence-corrected chi connectivity index (χ0v) is 10.5. The summed E-state index contributed by atoms with van der Waals surface area (Å²) in [5.41, 5.74) is 3.61. The molecule has 2 heterocycles. The lowest BCUT2D eigenvalue weighted by Crippen LogP contribution is -2.05. The van der Waals surface area contributed by atoms with Crippen LogP contribution in [0.15, 0.2) is 15.9 Å². The quantitative estimate of drug-likeness (QED) is 0.501. The maximum atomic E-state index is 5.25. The molecule has 0 bridgehead atoms. The molecule has 0 amide bonds. The number of nitrogens with two attached hydrogens (primary N) is 1. The number of anilines is 1. The first-order valence-electron chi connectivity index (χ1n) is 4.24. The summed E-state index contributed by atoms with van der Waals surface area (Å²) in [5.74, 6) is 6.15. The molecule has 0 aliphatic rings. The van der Waals surface area contributed by atoms with Crippen LogP contribution in [0.25, 0.3) is 0 Å². The van der Waals surface area contributed by atoms with Crippen molar-refractivity contribution in [3.05, 3.63) is 22.1 Å². The minimum atomic E-state index is 0.751. The second-order valence-corrected chi connectivity index (χ2v) is 6.02. The molecule has 0 radical (unpaired) electrons. The number of thiazole rings is 2. The van der Waals surface area contributed by atoms with Gasteiger partial charge in [0.1, 0.15) is 4.34 Å². The Morgan fingerprint density at radius 3 is 3.07 bits per heavy atom. The maximum Gasteiger partial charge on any atom is 0.197 e. The van der Waals surface area contributed by atoms with Crippen molar-refractivity contribution in [2.75, 3.05) is 5.43 Å². The SMILES string of the molecule is Cc1csc(SCc2cnc(NN)s2)n1. The monoisotopic (exact) mass is 258 g/mol. The van der Waals surface area contributed by atoms with Gasteiger partial charge in [0, 0.05) is 27.9 Å². The Kier molecular flexibility index (Phi) is 3.57. The Balaban J connectivity index is 1.93. The topological polar surface area (TPSA) is 63.8 Å². The highest BCUT2D eigenvalue weighted by atomic mass is 32.2. The fourth-order valence-electron chi connectivity index (χ4n) is 0.973. The van der Waals surface area contributed by atoms with Crippen LogP contribution in [0.4, 0.5) is 5.13 Å². The Morgan fingerprint density at radius 2 is 2.47 bits per heavy atom. The molecule has 7 heteroatoms. The van der Waals surface area contributed by atoms with Crippen LogP contribution >= 0.6 is 34.4 Å². The number of aromatic nitrogens is 2. The van der Waals surface area contributed by atoms with E-state index in [1.54, 1.807) is 34.4 Å². The van der Waals surface area contributed by atoms with Gasteiger partial charge in [-0.15, -0.1) is 22.7 Å². The molecule has 2 rings (SSSR count). The fraction of sp³-hybridized carbons (Fsp3) is 0.250. The highest BCUT2D eigenvalue weighted by molar-refractivity contribution is 8.00. The van der Waals surface area contributed by atoms with Gasteiger partial charge in [-0.05, 0) is 6.92 Å². The zero-order valence-electron chi connectivity index (χ0n) is 8.06. The Hall–Kier alpha value is -0.630. The number of thioether (sulfide) groups is 1. The van der Waals surface area contributed by atoms with Gasteiger partial charge in [0.15, 0.2) is 5.13 Å². The van der Waals surface area contributed by atoms with E-state index in [0.717, 1.165) is 20.9 Å². The molecule has 3 N–H and O–H groups in total. The summed E-state index contributed by atoms with van der Waals surface area (Å²) in [5, 5.41) is 2.81. The summed E-state index contributed by atoms with van der Waals surface area (Å²) in [7, 11) is 0. The summed E-state index contributed by atoms with van der Waals surface area (Å²) < 4.78 is 1.10. The third kappa shape index (κ3) is 2.91. The molecule has 0 saturated carbocycles. The van der Waals surface area contributed by atoms with Crippen LogP contribution in [0.1, 0.15) is 10.6 Å². The number of hydrogen-bond donors (Lipinski definition) is 2. The van der Waals surface area contributed by atoms with Crippen LogP contribution in [0.3, 0.4) is 0 Å². The Labute approximate surface area is 99.9 Å². The molecule has 80 valence electrons. The van der Waals surface area contributed by atoms with E-state index in [4.69, 9.17) is 5.84 Å². The van der Waals surface area contributed by atoms with Crippen molar-refractivity contribution >= 4 is 39.6 Å². The van der Waals surface area contributed by atoms with Crippen LogP contribution in [-0.2, 0) is 5.75 Å². The Bertz CT molecular complexity index is 437. The predicted molar refractivity (Wildman–Crippen MR) is 66.3 cm³/mol. The van der Waals surface area contributed by atoms with E-state index < -0.39 is 0 Å². The number of hydrazine groups is 1. The highest BCUT2D eigenvalue weighted by Crippen LogP contribution is 2.28. The number of aryl methyl sites for hydroxylation is 1. The lowest BCUT2D eigenvalue weighted by molar-refractivity contribution is 1.16. The van der Waals surface area contributed by atoms with E-state index in [1.165, 1.54) is 4.88 Å². The summed E-state index contributed by atoms with van der Waals surface area (Å²) in [6.07, 6.45) is 1.84. The van der Waals surface area contributed by atoms with Crippen molar-refractivity contribution in [3.8, 4) is 0 Å². The normalized spacial score (nSPS) is 10.5. The fourth-order valence-corrected chi connectivity index (χ4v) is 3.57. The number of rotatable bonds is 4.